The smallest absolute Gasteiger partial charge is 0.208 e. The molecule has 6 aliphatic rings. The van der Waals surface area contributed by atoms with Crippen LogP contribution in [0.5, 0.6) is 0 Å². The van der Waals surface area contributed by atoms with Crippen LogP contribution in [0.25, 0.3) is 81.2 Å². The van der Waals surface area contributed by atoms with E-state index in [1.54, 1.807) is 36.9 Å². The molecule has 2 atom stereocenters. The van der Waals surface area contributed by atoms with Crippen LogP contribution in [0.1, 0.15) is 146 Å². The SMILES string of the molecule is CN(c1nnc(-c2c(F)cc(-c3cn[nH]c3)cc2F)s1)C1CC(C)(C)NC(C)(C)C1.CN(c1nnc(-c2cc(F)c(-c3cn[nH]c3)cc2Cl)s1)C1CC(C)(C)NC(C)(C)C1.CN(c1nnc(-c2cc(F)c(C3=CC=NC3)cc2F)s1)C1CC(C)(C)NC(C)(C)C1.Fc1cc(-c2nnc(N3C[C@H]4CCC[C@H]4C3)s2)c(F)cc1-c1cn[nH]c1. The second-order valence-electron chi connectivity index (χ2n) is 35.0. The molecule has 17 rings (SSSR count). The van der Waals surface area contributed by atoms with Crippen molar-refractivity contribution in [1.29, 1.82) is 0 Å². The zero-order valence-corrected chi connectivity index (χ0v) is 71.4. The fraction of sp³-hybridized carbons (Fsp3) is 0.463. The highest BCUT2D eigenvalue weighted by molar-refractivity contribution is 7.19. The Morgan fingerprint density at radius 3 is 1.20 bits per heavy atom. The lowest BCUT2D eigenvalue weighted by Gasteiger charge is -2.48. The van der Waals surface area contributed by atoms with Gasteiger partial charge in [-0.15, -0.1) is 40.8 Å². The highest BCUT2D eigenvalue weighted by atomic mass is 35.5. The highest BCUT2D eigenvalue weighted by Gasteiger charge is 2.44. The number of halogens is 8. The third-order valence-electron chi connectivity index (χ3n) is 22.3. The summed E-state index contributed by atoms with van der Waals surface area (Å²) in [5.41, 5.74) is 4.40. The maximum Gasteiger partial charge on any atom is 0.208 e. The minimum atomic E-state index is -0.666. The van der Waals surface area contributed by atoms with Crippen LogP contribution in [0, 0.1) is 52.6 Å². The molecule has 0 bridgehead atoms. The first-order chi connectivity index (χ1) is 54.8. The number of benzene rings is 4. The lowest BCUT2D eigenvalue weighted by Crippen LogP contribution is -2.61. The molecule has 116 heavy (non-hydrogen) atoms. The number of nitrogens with one attached hydrogen (secondary N) is 6. The quantitative estimate of drug-likeness (QED) is 0.0522. The molecule has 0 spiro atoms. The van der Waals surface area contributed by atoms with Crippen LogP contribution in [0.3, 0.4) is 0 Å². The minimum absolute atomic E-state index is 0.00208. The van der Waals surface area contributed by atoms with E-state index in [4.69, 9.17) is 11.6 Å². The van der Waals surface area contributed by atoms with Crippen molar-refractivity contribution in [3.05, 3.63) is 143 Å². The maximum absolute atomic E-state index is 14.8. The number of aromatic amines is 3. The predicted molar refractivity (Wildman–Crippen MR) is 451 cm³/mol. The van der Waals surface area contributed by atoms with E-state index in [0.29, 0.717) is 81.8 Å². The second kappa shape index (κ2) is 33.1. The Morgan fingerprint density at radius 1 is 0.405 bits per heavy atom. The molecule has 614 valence electrons. The molecule has 1 saturated carbocycles. The number of allylic oxidation sites excluding steroid dienone is 1. The van der Waals surface area contributed by atoms with Crippen LogP contribution in [0.15, 0.2) is 96.8 Å². The fourth-order valence-electron chi connectivity index (χ4n) is 17.8. The van der Waals surface area contributed by atoms with E-state index in [0.717, 1.165) is 73.7 Å². The topological polar surface area (TPSA) is 251 Å². The molecule has 7 aromatic heterocycles. The number of piperidine rings is 3. The van der Waals surface area contributed by atoms with Crippen molar-refractivity contribution in [2.24, 2.45) is 16.8 Å². The molecule has 1 aliphatic carbocycles. The number of anilines is 4. The number of fused-ring (bicyclic) bond motifs is 1. The van der Waals surface area contributed by atoms with Gasteiger partial charge in [-0.2, -0.15) is 15.3 Å². The number of rotatable bonds is 15. The van der Waals surface area contributed by atoms with Gasteiger partial charge in [0.25, 0.3) is 0 Å². The number of nitrogens with zero attached hydrogens (tertiary/aromatic N) is 16. The Balaban J connectivity index is 0.000000128. The molecule has 5 aliphatic heterocycles. The molecule has 11 aromatic rings. The fourth-order valence-corrected chi connectivity index (χ4v) is 21.7. The van der Waals surface area contributed by atoms with Crippen LogP contribution in [-0.2, 0) is 0 Å². The first kappa shape index (κ1) is 83.5. The third-order valence-corrected chi connectivity index (χ3v) is 26.7. The van der Waals surface area contributed by atoms with E-state index in [-0.39, 0.29) is 84.0 Å². The van der Waals surface area contributed by atoms with Gasteiger partial charge in [0.1, 0.15) is 40.7 Å². The molecule has 0 radical (unpaired) electrons. The largest absolute Gasteiger partial charge is 0.347 e. The van der Waals surface area contributed by atoms with Gasteiger partial charge in [-0.25, -0.2) is 30.7 Å². The van der Waals surface area contributed by atoms with Crippen molar-refractivity contribution >= 4 is 89.3 Å². The van der Waals surface area contributed by atoms with Crippen molar-refractivity contribution < 1.29 is 30.7 Å². The van der Waals surface area contributed by atoms with Crippen LogP contribution >= 0.6 is 56.9 Å². The van der Waals surface area contributed by atoms with Crippen molar-refractivity contribution in [1.82, 2.24) is 87.3 Å². The maximum atomic E-state index is 14.8. The average molecular weight is 1690 g/mol. The van der Waals surface area contributed by atoms with Crippen LogP contribution in [0.2, 0.25) is 5.02 Å². The highest BCUT2D eigenvalue weighted by Crippen LogP contribution is 2.46. The van der Waals surface area contributed by atoms with Gasteiger partial charge in [0.2, 0.25) is 20.5 Å². The van der Waals surface area contributed by atoms with E-state index in [9.17, 15) is 30.7 Å². The lowest BCUT2D eigenvalue weighted by molar-refractivity contribution is 0.160. The van der Waals surface area contributed by atoms with E-state index < -0.39 is 34.9 Å². The summed E-state index contributed by atoms with van der Waals surface area (Å²) < 4.78 is 103. The van der Waals surface area contributed by atoms with Crippen molar-refractivity contribution in [2.45, 2.75) is 192 Å². The zero-order chi connectivity index (χ0) is 82.7. The number of hydrogen-bond donors (Lipinski definition) is 6. The summed E-state index contributed by atoms with van der Waals surface area (Å²) in [5, 5.41) is 69.3. The number of aliphatic imine (C=N–C) groups is 1. The molecule has 4 aromatic carbocycles. The van der Waals surface area contributed by atoms with Crippen molar-refractivity contribution in [3.63, 3.8) is 0 Å². The molecule has 0 amide bonds. The molecule has 22 nitrogen and oxygen atoms in total. The summed E-state index contributed by atoms with van der Waals surface area (Å²) in [7, 11) is 6.02. The summed E-state index contributed by atoms with van der Waals surface area (Å²) in [5.74, 6) is -2.22. The standard InChI is InChI=1S/C22H27F2N5S.C21H26ClFN6S.C21H26F2N6S.C18H17F2N5S/c1-21(2)10-14(11-22(3,4)28-21)29(5)20-27-26-19(30-20)16-9-17(23)15(8-18(16)24)13-6-7-25-12-13;1-20(2)8-13(9-21(3,4)28-20)29(5)19-27-26-18(30-19)15-7-17(23)14(6-16(15)22)12-10-24-25-11-12;1-20(2)8-14(9-21(3,4)28-20)29(5)19-27-26-18(30-19)17-15(22)6-12(7-16(17)23)13-10-24-25-11-13;19-15-5-14(16(20)4-13(15)12-6-21-22-7-12)17-23-24-18(26-17)25-8-10-2-1-3-11(10)9-25/h6-9,14,28H,10-12H2,1-5H3;6-7,10-11,13,28H,8-9H2,1-5H3,(H,24,25);6-7,10-11,14,28H,8-9H2,1-5H3,(H,24,25);4-7,10-11H,1-3,8-9H2,(H,21,22)/t;;;10-,11+. The predicted octanol–water partition coefficient (Wildman–Crippen LogP) is 18.6. The molecule has 5 fully saturated rings. The second-order valence-corrected chi connectivity index (χ2v) is 39.2. The van der Waals surface area contributed by atoms with E-state index in [1.807, 2.05) is 14.1 Å². The molecule has 6 N–H and O–H groups in total. The van der Waals surface area contributed by atoms with Gasteiger partial charge in [-0.1, -0.05) is 63.4 Å². The Kier molecular flexibility index (Phi) is 23.8. The van der Waals surface area contributed by atoms with E-state index in [1.165, 1.54) is 126 Å². The Morgan fingerprint density at radius 2 is 0.767 bits per heavy atom. The normalized spacial score (nSPS) is 19.8. The van der Waals surface area contributed by atoms with Gasteiger partial charge in [0, 0.05) is 149 Å². The monoisotopic (exact) mass is 1680 g/mol. The first-order valence-corrected chi connectivity index (χ1v) is 42.3. The number of hydrogen-bond acceptors (Lipinski definition) is 23. The van der Waals surface area contributed by atoms with Gasteiger partial charge in [-0.3, -0.25) is 20.3 Å². The molecular formula is C82H96ClF7N22S4. The first-order valence-electron chi connectivity index (χ1n) is 38.6. The van der Waals surface area contributed by atoms with Crippen LogP contribution < -0.4 is 35.6 Å². The van der Waals surface area contributed by atoms with Crippen LogP contribution in [0.4, 0.5) is 51.3 Å². The summed E-state index contributed by atoms with van der Waals surface area (Å²) in [6.45, 7) is 28.8. The van der Waals surface area contributed by atoms with Crippen LogP contribution in [-0.4, -0.2) is 170 Å². The number of H-pyrrole nitrogens is 3. The van der Waals surface area contributed by atoms with Crippen molar-refractivity contribution in [3.8, 4) is 75.7 Å². The summed E-state index contributed by atoms with van der Waals surface area (Å²) in [6.07, 6.45) is 22.3. The van der Waals surface area contributed by atoms with E-state index in [2.05, 4.69) is 202 Å². The molecular weight excluding hydrogens is 1590 g/mol. The van der Waals surface area contributed by atoms with Gasteiger partial charge in [0.05, 0.1) is 46.8 Å². The van der Waals surface area contributed by atoms with Gasteiger partial charge in [-0.05, 0) is 212 Å². The summed E-state index contributed by atoms with van der Waals surface area (Å²) >= 11 is 11.7. The third kappa shape index (κ3) is 18.9. The summed E-state index contributed by atoms with van der Waals surface area (Å²) in [6, 6.07) is 11.3. The van der Waals surface area contributed by atoms with Crippen molar-refractivity contribution in [2.75, 3.05) is 60.4 Å². The molecule has 0 unspecified atom stereocenters. The van der Waals surface area contributed by atoms with E-state index >= 15 is 0 Å². The minimum Gasteiger partial charge on any atom is -0.347 e. The molecule has 12 heterocycles. The zero-order valence-electron chi connectivity index (χ0n) is 67.4. The summed E-state index contributed by atoms with van der Waals surface area (Å²) in [4.78, 5) is 12.7. The number of aromatic nitrogens is 14. The Labute approximate surface area is 691 Å². The molecule has 4 saturated heterocycles. The average Bonchev–Trinajstić information content (AvgIpc) is 1.76. The Hall–Kier alpha value is -8.96. The Bertz CT molecular complexity index is 5280. The lowest BCUT2D eigenvalue weighted by atomic mass is 9.79. The molecule has 34 heteroatoms. The van der Waals surface area contributed by atoms with Gasteiger partial charge >= 0.3 is 0 Å². The van der Waals surface area contributed by atoms with Gasteiger partial charge < -0.3 is 35.6 Å². The van der Waals surface area contributed by atoms with Gasteiger partial charge in [0.15, 0.2) is 20.0 Å².